The van der Waals surface area contributed by atoms with Crippen molar-refractivity contribution < 1.29 is 47.9 Å². The van der Waals surface area contributed by atoms with Crippen molar-refractivity contribution in [3.63, 3.8) is 0 Å². The normalized spacial score (nSPS) is 12.8. The Balaban J connectivity index is 1.82. The number of alkyl halides is 2. The van der Waals surface area contributed by atoms with Gasteiger partial charge in [-0.2, -0.15) is 31.8 Å². The van der Waals surface area contributed by atoms with Crippen molar-refractivity contribution >= 4 is 114 Å². The quantitative estimate of drug-likeness (QED) is 0.0659. The number of halogens is 3. The Morgan fingerprint density at radius 2 is 1.33 bits per heavy atom. The fraction of sp³-hybridized carbons (Fsp3) is 0.296. The number of phenols is 1. The Morgan fingerprint density at radius 1 is 0.731 bits per heavy atom. The number of nitrogens with one attached hydrogen (secondary N) is 1. The van der Waals surface area contributed by atoms with E-state index < -0.39 is 78.2 Å². The second-order valence-electron chi connectivity index (χ2n) is 10.6. The van der Waals surface area contributed by atoms with Gasteiger partial charge in [0.15, 0.2) is 25.4 Å². The predicted octanol–water partition coefficient (Wildman–Crippen LogP) is 4.15. The maximum Gasteiger partial charge on any atom is 0.296 e. The number of aromatic nitrogens is 3. The molecule has 4 N–H and O–H groups in total. The predicted molar refractivity (Wildman–Crippen MR) is 195 cm³/mol. The van der Waals surface area contributed by atoms with E-state index in [2.05, 4.69) is 30.5 Å². The second kappa shape index (κ2) is 16.7. The molecule has 18 nitrogen and oxygen atoms in total. The fourth-order valence-corrected chi connectivity index (χ4v) is 9.12. The highest BCUT2D eigenvalue weighted by atomic mass is 35.5. The van der Waals surface area contributed by atoms with Crippen molar-refractivity contribution in [2.45, 2.75) is 9.79 Å². The zero-order valence-electron chi connectivity index (χ0n) is 26.3. The van der Waals surface area contributed by atoms with Crippen LogP contribution < -0.4 is 10.2 Å². The minimum Gasteiger partial charge on any atom is -0.505 e. The number of benzene rings is 3. The van der Waals surface area contributed by atoms with Crippen LogP contribution in [-0.2, 0) is 39.9 Å². The van der Waals surface area contributed by atoms with Crippen LogP contribution in [0.4, 0.5) is 29.0 Å². The highest BCUT2D eigenvalue weighted by molar-refractivity contribution is 7.91. The molecule has 0 saturated carbocycles. The lowest BCUT2D eigenvalue weighted by atomic mass is 10.1. The summed E-state index contributed by atoms with van der Waals surface area (Å²) in [5, 5.41) is 21.2. The number of nitrogens with zero attached hydrogens (tertiary/aromatic N) is 6. The number of sulfone groups is 2. The molecule has 0 aliphatic carbocycles. The van der Waals surface area contributed by atoms with Gasteiger partial charge in [-0.05, 0) is 47.3 Å². The van der Waals surface area contributed by atoms with Gasteiger partial charge in [-0.15, -0.1) is 33.4 Å². The number of fused-ring (bicyclic) bond motifs is 1. The van der Waals surface area contributed by atoms with E-state index >= 15 is 0 Å². The monoisotopic (exact) mass is 859 g/mol. The molecule has 0 aliphatic heterocycles. The summed E-state index contributed by atoms with van der Waals surface area (Å²) in [5.74, 6) is -3.30. The molecule has 0 aliphatic rings. The lowest BCUT2D eigenvalue weighted by Crippen LogP contribution is -2.36. The summed E-state index contributed by atoms with van der Waals surface area (Å²) in [6.45, 7) is -0.598. The summed E-state index contributed by atoms with van der Waals surface area (Å²) in [4.78, 5) is 12.2. The minimum atomic E-state index is -4.84. The van der Waals surface area contributed by atoms with Gasteiger partial charge >= 0.3 is 0 Å². The van der Waals surface area contributed by atoms with Gasteiger partial charge in [0.05, 0.1) is 33.6 Å². The number of phenolic OH excluding ortho intramolecular Hbond substituents is 1. The van der Waals surface area contributed by atoms with Crippen molar-refractivity contribution in [3.8, 4) is 5.75 Å². The van der Waals surface area contributed by atoms with Gasteiger partial charge in [-0.3, -0.25) is 9.11 Å². The van der Waals surface area contributed by atoms with Crippen LogP contribution in [0.25, 0.3) is 10.8 Å². The number of azo groups is 1. The van der Waals surface area contributed by atoms with Gasteiger partial charge in [0.2, 0.25) is 17.2 Å². The van der Waals surface area contributed by atoms with Gasteiger partial charge in [-0.25, -0.2) is 16.8 Å². The number of hydrogen-bond acceptors (Lipinski definition) is 16. The average molecular weight is 861 g/mol. The van der Waals surface area contributed by atoms with Gasteiger partial charge in [-0.1, -0.05) is 18.2 Å². The van der Waals surface area contributed by atoms with E-state index in [4.69, 9.17) is 34.8 Å². The van der Waals surface area contributed by atoms with E-state index in [1.54, 1.807) is 0 Å². The van der Waals surface area contributed by atoms with Crippen molar-refractivity contribution in [1.82, 2.24) is 15.0 Å². The second-order valence-corrected chi connectivity index (χ2v) is 19.2. The highest BCUT2D eigenvalue weighted by Gasteiger charge is 2.23. The lowest BCUT2D eigenvalue weighted by molar-refractivity contribution is 0.480. The number of anilines is 3. The summed E-state index contributed by atoms with van der Waals surface area (Å²) in [7, 11) is -16.9. The van der Waals surface area contributed by atoms with Crippen LogP contribution in [0.2, 0.25) is 5.28 Å². The largest absolute Gasteiger partial charge is 0.505 e. The summed E-state index contributed by atoms with van der Waals surface area (Å²) in [5.41, 5.74) is -0.767. The third-order valence-electron chi connectivity index (χ3n) is 7.00. The Morgan fingerprint density at radius 3 is 1.90 bits per heavy atom. The Bertz CT molecular complexity index is 2420. The van der Waals surface area contributed by atoms with Gasteiger partial charge in [0.1, 0.15) is 16.3 Å². The molecule has 0 bridgehead atoms. The molecule has 3 aromatic carbocycles. The standard InChI is InChI=1S/C27H28Cl3N7O11S4/c28-7-11-49(39,40)13-9-37(10-14-50(41,42)12-8-29)27-33-25(30)32-26(34-27)31-21-16-18(51(43,44)45)15-17-5-6-20(24(38)23(17)21)36-35-19-3-1-2-4-22(19)52(46,47)48/h1-6,15-16,38H,7-14H2,(H,43,44,45)(H,46,47,48)(H,31,32,33,34). The van der Waals surface area contributed by atoms with Crippen LogP contribution in [0.3, 0.4) is 0 Å². The van der Waals surface area contributed by atoms with E-state index in [1.807, 2.05) is 0 Å². The van der Waals surface area contributed by atoms with Crippen molar-refractivity contribution in [2.24, 2.45) is 10.2 Å². The van der Waals surface area contributed by atoms with Gasteiger partial charge < -0.3 is 15.3 Å². The summed E-state index contributed by atoms with van der Waals surface area (Å²) < 4.78 is 117. The van der Waals surface area contributed by atoms with Crippen LogP contribution in [-0.4, -0.2) is 111 Å². The molecule has 0 amide bonds. The van der Waals surface area contributed by atoms with Crippen molar-refractivity contribution in [2.75, 3.05) is 58.1 Å². The van der Waals surface area contributed by atoms with E-state index in [-0.39, 0.29) is 70.1 Å². The topological polar surface area (TPSA) is 276 Å². The Hall–Kier alpha value is -3.48. The molecule has 282 valence electrons. The number of rotatable bonds is 17. The van der Waals surface area contributed by atoms with Crippen LogP contribution in [0.1, 0.15) is 0 Å². The molecule has 0 unspecified atom stereocenters. The van der Waals surface area contributed by atoms with Crippen molar-refractivity contribution in [1.29, 1.82) is 0 Å². The van der Waals surface area contributed by atoms with Gasteiger partial charge in [0, 0.05) is 30.2 Å². The van der Waals surface area contributed by atoms with Crippen LogP contribution in [0, 0.1) is 0 Å². The van der Waals surface area contributed by atoms with Crippen LogP contribution >= 0.6 is 34.8 Å². The van der Waals surface area contributed by atoms with Crippen LogP contribution in [0.15, 0.2) is 68.6 Å². The third kappa shape index (κ3) is 11.0. The molecule has 0 saturated heterocycles. The SMILES string of the molecule is O=S(=O)(CCCl)CCN(CCS(=O)(=O)CCCl)c1nc(Cl)nc(Nc2cc(S(=O)(=O)O)cc3ccc(N=Nc4ccccc4S(=O)(=O)O)c(O)c23)n1. The molecule has 25 heteroatoms. The van der Waals surface area contributed by atoms with E-state index in [0.29, 0.717) is 0 Å². The molecule has 0 radical (unpaired) electrons. The fourth-order valence-electron chi connectivity index (χ4n) is 4.51. The molecule has 0 spiro atoms. The number of aromatic hydroxyl groups is 1. The highest BCUT2D eigenvalue weighted by Crippen LogP contribution is 2.42. The first-order chi connectivity index (χ1) is 24.2. The summed E-state index contributed by atoms with van der Waals surface area (Å²) >= 11 is 17.4. The summed E-state index contributed by atoms with van der Waals surface area (Å²) in [6.07, 6.45) is 0. The Kier molecular flexibility index (Phi) is 13.2. The number of hydrogen-bond donors (Lipinski definition) is 4. The maximum atomic E-state index is 12.4. The van der Waals surface area contributed by atoms with E-state index in [0.717, 1.165) is 18.2 Å². The van der Waals surface area contributed by atoms with Crippen LogP contribution in [0.5, 0.6) is 5.75 Å². The molecule has 0 fully saturated rings. The smallest absolute Gasteiger partial charge is 0.296 e. The maximum absolute atomic E-state index is 12.4. The van der Waals surface area contributed by atoms with Gasteiger partial charge in [0.25, 0.3) is 20.2 Å². The molecular formula is C27H28Cl3N7O11S4. The zero-order valence-corrected chi connectivity index (χ0v) is 31.9. The molecule has 4 aromatic rings. The molecule has 1 aromatic heterocycles. The molecule has 1 heterocycles. The molecular weight excluding hydrogens is 833 g/mol. The molecule has 52 heavy (non-hydrogen) atoms. The first kappa shape index (κ1) is 41.3. The van der Waals surface area contributed by atoms with Crippen molar-refractivity contribution in [3.05, 3.63) is 53.8 Å². The summed E-state index contributed by atoms with van der Waals surface area (Å²) in [6, 6.07) is 9.53. The lowest BCUT2D eigenvalue weighted by Gasteiger charge is -2.23. The molecule has 0 atom stereocenters. The third-order valence-corrected chi connectivity index (χ3v) is 13.0. The first-order valence-electron chi connectivity index (χ1n) is 14.4. The zero-order chi connectivity index (χ0) is 38.5. The average Bonchev–Trinajstić information content (AvgIpc) is 3.03. The molecule has 4 rings (SSSR count). The Labute approximate surface area is 313 Å². The minimum absolute atomic E-state index is 0.0309. The van der Waals surface area contributed by atoms with E-state index in [1.165, 1.54) is 35.2 Å². The van der Waals surface area contributed by atoms with E-state index in [9.17, 15) is 47.9 Å². The first-order valence-corrected chi connectivity index (χ1v) is 22.4.